The third kappa shape index (κ3) is 2.55. The molecular formula is C11H10O3. The molecule has 0 unspecified atom stereocenters. The maximum atomic E-state index is 11.4. The van der Waals surface area contributed by atoms with Crippen molar-refractivity contribution in [3.63, 3.8) is 0 Å². The summed E-state index contributed by atoms with van der Waals surface area (Å²) in [5.74, 6) is -1.41. The van der Waals surface area contributed by atoms with Gasteiger partial charge in [-0.25, -0.2) is 4.79 Å². The fraction of sp³-hybridized carbons (Fsp3) is 0.0909. The summed E-state index contributed by atoms with van der Waals surface area (Å²) in [5.41, 5.74) is 1.37. The monoisotopic (exact) mass is 190 g/mol. The van der Waals surface area contributed by atoms with E-state index in [2.05, 4.69) is 0 Å². The summed E-state index contributed by atoms with van der Waals surface area (Å²) in [5, 5.41) is 8.34. The third-order valence-electron chi connectivity index (χ3n) is 1.79. The number of carboxylic acid groups (broad SMARTS) is 1. The highest BCUT2D eigenvalue weighted by Gasteiger charge is 2.04. The van der Waals surface area contributed by atoms with Crippen molar-refractivity contribution in [2.45, 2.75) is 6.92 Å². The maximum Gasteiger partial charge on any atom is 0.328 e. The Morgan fingerprint density at radius 1 is 1.21 bits per heavy atom. The van der Waals surface area contributed by atoms with Crippen LogP contribution in [0.3, 0.4) is 0 Å². The lowest BCUT2D eigenvalue weighted by atomic mass is 10.0. The van der Waals surface area contributed by atoms with Gasteiger partial charge in [-0.1, -0.05) is 24.3 Å². The lowest BCUT2D eigenvalue weighted by Crippen LogP contribution is -1.98. The fourth-order valence-electron chi connectivity index (χ4n) is 1.09. The Hall–Kier alpha value is -1.90. The van der Waals surface area contributed by atoms with Gasteiger partial charge in [0.2, 0.25) is 0 Å². The Balaban J connectivity index is 2.91. The molecule has 0 saturated heterocycles. The molecule has 1 N–H and O–H groups in total. The van der Waals surface area contributed by atoms with E-state index < -0.39 is 5.97 Å². The molecule has 0 aromatic heterocycles. The van der Waals surface area contributed by atoms with Crippen LogP contribution >= 0.6 is 0 Å². The molecule has 14 heavy (non-hydrogen) atoms. The third-order valence-corrected chi connectivity index (χ3v) is 1.79. The van der Waals surface area contributed by atoms with Crippen molar-refractivity contribution in [1.82, 2.24) is 0 Å². The predicted octanol–water partition coefficient (Wildman–Crippen LogP) is 1.82. The molecule has 3 heteroatoms. The molecule has 0 atom stereocenters. The first-order chi connectivity index (χ1) is 6.61. The molecule has 72 valence electrons. The van der Waals surface area contributed by atoms with E-state index in [9.17, 15) is 9.59 Å². The summed E-state index contributed by atoms with van der Waals surface area (Å²) < 4.78 is 0. The molecule has 0 saturated carbocycles. The van der Waals surface area contributed by atoms with Gasteiger partial charge >= 0.3 is 5.97 Å². The Kier molecular flexibility index (Phi) is 3.18. The van der Waals surface area contributed by atoms with E-state index in [1.54, 1.807) is 12.1 Å². The second kappa shape index (κ2) is 4.37. The molecule has 0 spiro atoms. The minimum Gasteiger partial charge on any atom is -0.478 e. The maximum absolute atomic E-state index is 11.4. The number of allylic oxidation sites excluding steroid dienone is 1. The molecule has 1 rings (SSSR count). The number of aliphatic carboxylic acids is 1. The summed E-state index contributed by atoms with van der Waals surface area (Å²) in [6, 6.07) is 7.05. The minimum atomic E-state index is -1.12. The van der Waals surface area contributed by atoms with Crippen LogP contribution in [-0.4, -0.2) is 16.9 Å². The number of hydrogen-bond acceptors (Lipinski definition) is 2. The van der Waals surface area contributed by atoms with Crippen LogP contribution < -0.4 is 0 Å². The van der Waals surface area contributed by atoms with Gasteiger partial charge in [0.25, 0.3) is 0 Å². The number of hydrogen-bond donors (Lipinski definition) is 1. The van der Waals surface area contributed by atoms with E-state index in [4.69, 9.17) is 5.11 Å². The van der Waals surface area contributed by atoms with Gasteiger partial charge in [0.05, 0.1) is 0 Å². The van der Waals surface area contributed by atoms with Gasteiger partial charge in [0, 0.05) is 11.6 Å². The second-order valence-corrected chi connectivity index (χ2v) is 2.85. The van der Waals surface area contributed by atoms with Gasteiger partial charge in [-0.05, 0) is 18.6 Å². The first kappa shape index (κ1) is 10.2. The Labute approximate surface area is 81.7 Å². The zero-order chi connectivity index (χ0) is 10.6. The molecule has 0 heterocycles. The van der Waals surface area contributed by atoms with E-state index in [0.717, 1.165) is 17.7 Å². The van der Waals surface area contributed by atoms with Crippen LogP contribution in [0.1, 0.15) is 15.9 Å². The van der Waals surface area contributed by atoms with E-state index in [1.807, 2.05) is 19.1 Å². The first-order valence-corrected chi connectivity index (χ1v) is 4.12. The van der Waals surface area contributed by atoms with Gasteiger partial charge in [-0.3, -0.25) is 4.79 Å². The zero-order valence-electron chi connectivity index (χ0n) is 7.73. The van der Waals surface area contributed by atoms with Crippen molar-refractivity contribution >= 4 is 11.8 Å². The summed E-state index contributed by atoms with van der Waals surface area (Å²) in [4.78, 5) is 21.6. The predicted molar refractivity (Wildman–Crippen MR) is 52.3 cm³/mol. The molecule has 0 amide bonds. The molecule has 1 aromatic rings. The molecule has 0 aliphatic carbocycles. The summed E-state index contributed by atoms with van der Waals surface area (Å²) in [7, 11) is 0. The molecule has 1 aromatic carbocycles. The number of carbonyl (C=O) groups excluding carboxylic acids is 1. The van der Waals surface area contributed by atoms with Crippen LogP contribution in [0.5, 0.6) is 0 Å². The lowest BCUT2D eigenvalue weighted by molar-refractivity contribution is -0.131. The Morgan fingerprint density at radius 3 is 2.43 bits per heavy atom. The number of carboxylic acids is 1. The Bertz CT molecular complexity index is 391. The Morgan fingerprint density at radius 2 is 1.86 bits per heavy atom. The van der Waals surface area contributed by atoms with Crippen LogP contribution in [-0.2, 0) is 4.79 Å². The van der Waals surface area contributed by atoms with Crippen LogP contribution in [0.25, 0.3) is 0 Å². The normalized spacial score (nSPS) is 10.4. The number of aryl methyl sites for hydroxylation is 1. The van der Waals surface area contributed by atoms with E-state index in [1.165, 1.54) is 0 Å². The van der Waals surface area contributed by atoms with Gasteiger partial charge in [-0.15, -0.1) is 0 Å². The van der Waals surface area contributed by atoms with E-state index in [-0.39, 0.29) is 5.78 Å². The highest BCUT2D eigenvalue weighted by atomic mass is 16.4. The fourth-order valence-corrected chi connectivity index (χ4v) is 1.09. The summed E-state index contributed by atoms with van der Waals surface area (Å²) in [6.45, 7) is 1.81. The van der Waals surface area contributed by atoms with Gasteiger partial charge in [-0.2, -0.15) is 0 Å². The number of benzene rings is 1. The zero-order valence-corrected chi connectivity index (χ0v) is 7.73. The van der Waals surface area contributed by atoms with Gasteiger partial charge in [0.15, 0.2) is 5.78 Å². The summed E-state index contributed by atoms with van der Waals surface area (Å²) in [6.07, 6.45) is 1.90. The summed E-state index contributed by atoms with van der Waals surface area (Å²) >= 11 is 0. The minimum absolute atomic E-state index is 0.287. The van der Waals surface area contributed by atoms with Gasteiger partial charge in [0.1, 0.15) is 0 Å². The number of rotatable bonds is 3. The first-order valence-electron chi connectivity index (χ1n) is 4.12. The molecule has 0 radical (unpaired) electrons. The average Bonchev–Trinajstić information content (AvgIpc) is 2.15. The lowest BCUT2D eigenvalue weighted by Gasteiger charge is -1.99. The standard InChI is InChI=1S/C11H10O3/c1-8-4-2-3-5-9(8)10(12)6-7-11(13)14/h2-7H,1H3,(H,13,14)/b7-6+. The van der Waals surface area contributed by atoms with Crippen molar-refractivity contribution in [1.29, 1.82) is 0 Å². The largest absolute Gasteiger partial charge is 0.478 e. The quantitative estimate of drug-likeness (QED) is 0.584. The van der Waals surface area contributed by atoms with Crippen molar-refractivity contribution in [2.75, 3.05) is 0 Å². The van der Waals surface area contributed by atoms with Crippen LogP contribution in [0.4, 0.5) is 0 Å². The van der Waals surface area contributed by atoms with E-state index in [0.29, 0.717) is 5.56 Å². The van der Waals surface area contributed by atoms with Crippen molar-refractivity contribution in [2.24, 2.45) is 0 Å². The van der Waals surface area contributed by atoms with Crippen molar-refractivity contribution in [3.05, 3.63) is 47.5 Å². The second-order valence-electron chi connectivity index (χ2n) is 2.85. The molecule has 0 aliphatic rings. The molecule has 0 fully saturated rings. The number of carbonyl (C=O) groups is 2. The van der Waals surface area contributed by atoms with Crippen LogP contribution in [0.15, 0.2) is 36.4 Å². The molecule has 3 nitrogen and oxygen atoms in total. The SMILES string of the molecule is Cc1ccccc1C(=O)/C=C/C(=O)O. The van der Waals surface area contributed by atoms with E-state index >= 15 is 0 Å². The molecule has 0 aliphatic heterocycles. The smallest absolute Gasteiger partial charge is 0.328 e. The van der Waals surface area contributed by atoms with Crippen LogP contribution in [0.2, 0.25) is 0 Å². The highest BCUT2D eigenvalue weighted by molar-refractivity contribution is 6.07. The van der Waals surface area contributed by atoms with Gasteiger partial charge < -0.3 is 5.11 Å². The molecule has 0 bridgehead atoms. The number of ketones is 1. The van der Waals surface area contributed by atoms with Crippen molar-refractivity contribution in [3.8, 4) is 0 Å². The average molecular weight is 190 g/mol. The van der Waals surface area contributed by atoms with Crippen molar-refractivity contribution < 1.29 is 14.7 Å². The molecular weight excluding hydrogens is 180 g/mol. The highest BCUT2D eigenvalue weighted by Crippen LogP contribution is 2.08. The topological polar surface area (TPSA) is 54.4 Å². The van der Waals surface area contributed by atoms with Crippen LogP contribution in [0, 0.1) is 6.92 Å².